The van der Waals surface area contributed by atoms with Gasteiger partial charge in [0.2, 0.25) is 5.95 Å². The first-order valence-corrected chi connectivity index (χ1v) is 14.9. The second-order valence-electron chi connectivity index (χ2n) is 10.3. The van der Waals surface area contributed by atoms with Crippen molar-refractivity contribution in [2.24, 2.45) is 11.8 Å². The topological polar surface area (TPSA) is 110 Å². The molecule has 1 aromatic carbocycles. The Balaban J connectivity index is 0.000000636. The van der Waals surface area contributed by atoms with Gasteiger partial charge in [0.25, 0.3) is 0 Å². The number of hydrogen-bond donors (Lipinski definition) is 1. The molecular weight excluding hydrogens is 546 g/mol. The third-order valence-corrected chi connectivity index (χ3v) is 8.73. The van der Waals surface area contributed by atoms with Gasteiger partial charge in [-0.1, -0.05) is 41.0 Å². The monoisotopic (exact) mass is 580 g/mol. The molecule has 3 atom stereocenters. The molecule has 7 rings (SSSR count). The number of aromatic nitrogens is 3. The van der Waals surface area contributed by atoms with Crippen molar-refractivity contribution in [2.75, 3.05) is 30.4 Å². The molecule has 8 nitrogen and oxygen atoms in total. The molecule has 0 radical (unpaired) electrons. The van der Waals surface area contributed by atoms with E-state index in [0.29, 0.717) is 41.9 Å². The van der Waals surface area contributed by atoms with Gasteiger partial charge in [-0.25, -0.2) is 18.7 Å². The second-order valence-corrected chi connectivity index (χ2v) is 11.3. The van der Waals surface area contributed by atoms with Crippen molar-refractivity contribution in [2.45, 2.75) is 60.3 Å². The van der Waals surface area contributed by atoms with E-state index in [4.69, 9.17) is 20.2 Å². The van der Waals surface area contributed by atoms with E-state index in [-0.39, 0.29) is 56.7 Å². The van der Waals surface area contributed by atoms with E-state index in [1.165, 1.54) is 6.42 Å². The number of ether oxygens (including phenoxy) is 2. The van der Waals surface area contributed by atoms with Crippen LogP contribution in [-0.4, -0.2) is 40.8 Å². The van der Waals surface area contributed by atoms with Crippen LogP contribution in [0.5, 0.6) is 0 Å². The van der Waals surface area contributed by atoms with Gasteiger partial charge < -0.3 is 20.1 Å². The van der Waals surface area contributed by atoms with Gasteiger partial charge in [0.15, 0.2) is 11.6 Å². The van der Waals surface area contributed by atoms with Crippen molar-refractivity contribution < 1.29 is 18.3 Å². The molecular formula is C30H34F2N6O2S. The zero-order chi connectivity index (χ0) is 29.4. The number of benzene rings is 1. The van der Waals surface area contributed by atoms with Crippen LogP contribution in [0.1, 0.15) is 57.7 Å². The molecule has 2 N–H and O–H groups in total. The van der Waals surface area contributed by atoms with Crippen LogP contribution in [-0.2, 0) is 22.7 Å². The van der Waals surface area contributed by atoms with E-state index in [2.05, 4.69) is 35.6 Å². The number of anilines is 2. The van der Waals surface area contributed by atoms with E-state index in [1.54, 1.807) is 6.20 Å². The van der Waals surface area contributed by atoms with Crippen LogP contribution < -0.4 is 10.6 Å². The molecule has 3 aromatic heterocycles. The molecule has 0 aliphatic carbocycles. The number of halogens is 2. The molecule has 0 bridgehead atoms. The highest BCUT2D eigenvalue weighted by atomic mass is 32.1. The number of pyridine rings is 1. The lowest BCUT2D eigenvalue weighted by Gasteiger charge is -2.23. The fourth-order valence-electron chi connectivity index (χ4n) is 5.91. The Hall–Kier alpha value is -3.46. The fourth-order valence-corrected chi connectivity index (χ4v) is 6.83. The van der Waals surface area contributed by atoms with Crippen LogP contribution in [0.4, 0.5) is 19.7 Å². The number of hydrogen-bond acceptors (Lipinski definition) is 9. The minimum Gasteiger partial charge on any atom is -0.389 e. The highest BCUT2D eigenvalue weighted by molar-refractivity contribution is 7.23. The molecule has 3 aliphatic rings. The molecule has 0 saturated carbocycles. The minimum atomic E-state index is -0.609. The molecule has 2 saturated heterocycles. The van der Waals surface area contributed by atoms with Crippen molar-refractivity contribution in [3.05, 3.63) is 40.7 Å². The molecule has 0 spiro atoms. The molecule has 0 amide bonds. The Kier molecular flexibility index (Phi) is 8.36. The van der Waals surface area contributed by atoms with Gasteiger partial charge in [-0.3, -0.25) is 4.98 Å². The Morgan fingerprint density at radius 3 is 2.59 bits per heavy atom. The average Bonchev–Trinajstić information content (AvgIpc) is 3.76. The van der Waals surface area contributed by atoms with Crippen molar-refractivity contribution in [3.63, 3.8) is 0 Å². The summed E-state index contributed by atoms with van der Waals surface area (Å²) in [7, 11) is 0. The largest absolute Gasteiger partial charge is 0.389 e. The van der Waals surface area contributed by atoms with Gasteiger partial charge >= 0.3 is 0 Å². The molecule has 3 aliphatic heterocycles. The van der Waals surface area contributed by atoms with Gasteiger partial charge in [-0.15, -0.1) is 11.3 Å². The number of nitrogens with two attached hydrogens (primary N) is 1. The standard InChI is InChI=1S/C25H20F2N6O2S.C3H8.C2H6/c1-10-5-33(17-9-35-6-13(10)17)25-31-3-12-14-7-34-8-15(14)18(20(27)21(12)32-25)22-19-11(2-28)24(29)36-23(19)16(26)4-30-22;1-3-2;1-2/h3-4,10,13,17H,5-9,29H2,1H3;3H2,1-2H3;1-2H3. The van der Waals surface area contributed by atoms with Gasteiger partial charge in [-0.05, 0) is 17.0 Å². The molecule has 2 fully saturated rings. The predicted octanol–water partition coefficient (Wildman–Crippen LogP) is 6.58. The molecule has 6 heterocycles. The summed E-state index contributed by atoms with van der Waals surface area (Å²) in [5.74, 6) is 0.0467. The lowest BCUT2D eigenvalue weighted by atomic mass is 9.94. The highest BCUT2D eigenvalue weighted by Crippen LogP contribution is 2.45. The van der Waals surface area contributed by atoms with E-state index in [1.807, 2.05) is 19.9 Å². The van der Waals surface area contributed by atoms with Crippen LogP contribution in [0.15, 0.2) is 12.4 Å². The molecule has 3 unspecified atom stereocenters. The fraction of sp³-hybridized carbons (Fsp3) is 0.467. The van der Waals surface area contributed by atoms with Crippen molar-refractivity contribution in [1.29, 1.82) is 5.26 Å². The quantitative estimate of drug-likeness (QED) is 0.283. The summed E-state index contributed by atoms with van der Waals surface area (Å²) in [6.07, 6.45) is 3.95. The summed E-state index contributed by atoms with van der Waals surface area (Å²) in [5, 5.41) is 10.7. The number of nitrogens with zero attached hydrogens (tertiary/aromatic N) is 5. The Labute approximate surface area is 242 Å². The third-order valence-electron chi connectivity index (χ3n) is 7.70. The number of nitrogen functional groups attached to an aromatic ring is 1. The maximum absolute atomic E-state index is 16.5. The molecule has 216 valence electrons. The molecule has 4 aromatic rings. The van der Waals surface area contributed by atoms with Crippen molar-refractivity contribution in [1.82, 2.24) is 15.0 Å². The average molecular weight is 581 g/mol. The van der Waals surface area contributed by atoms with Gasteiger partial charge in [0, 0.05) is 35.0 Å². The normalized spacial score (nSPS) is 20.7. The van der Waals surface area contributed by atoms with Crippen LogP contribution in [0.25, 0.3) is 32.2 Å². The summed E-state index contributed by atoms with van der Waals surface area (Å²) in [6.45, 7) is 12.9. The number of thiophene rings is 1. The predicted molar refractivity (Wildman–Crippen MR) is 158 cm³/mol. The Bertz CT molecular complexity index is 1650. The minimum absolute atomic E-state index is 0.0888. The lowest BCUT2D eigenvalue weighted by molar-refractivity contribution is 0.135. The van der Waals surface area contributed by atoms with E-state index in [0.717, 1.165) is 29.6 Å². The highest BCUT2D eigenvalue weighted by Gasteiger charge is 2.44. The third kappa shape index (κ3) is 4.68. The van der Waals surface area contributed by atoms with Crippen LogP contribution in [0.2, 0.25) is 0 Å². The first-order chi connectivity index (χ1) is 19.9. The maximum atomic E-state index is 16.5. The summed E-state index contributed by atoms with van der Waals surface area (Å²) >= 11 is 0.952. The summed E-state index contributed by atoms with van der Waals surface area (Å²) in [4.78, 5) is 15.7. The Morgan fingerprint density at radius 2 is 1.85 bits per heavy atom. The second kappa shape index (κ2) is 11.8. The summed E-state index contributed by atoms with van der Waals surface area (Å²) < 4.78 is 42.7. The van der Waals surface area contributed by atoms with Gasteiger partial charge in [0.1, 0.15) is 16.6 Å². The summed E-state index contributed by atoms with van der Waals surface area (Å²) in [6, 6.07) is 2.19. The molecule has 11 heteroatoms. The number of fused-ring (bicyclic) bond motifs is 5. The van der Waals surface area contributed by atoms with Gasteiger partial charge in [-0.2, -0.15) is 5.26 Å². The van der Waals surface area contributed by atoms with Gasteiger partial charge in [0.05, 0.1) is 54.6 Å². The smallest absolute Gasteiger partial charge is 0.226 e. The SMILES string of the molecule is CC.CC1CN(c2ncc3c4c(c(-c5ncc(F)c6sc(N)c(C#N)c56)c(F)c3n2)COC4)C2COCC12.CCC. The Morgan fingerprint density at radius 1 is 1.12 bits per heavy atom. The van der Waals surface area contributed by atoms with Crippen molar-refractivity contribution >= 4 is 43.3 Å². The van der Waals surface area contributed by atoms with Crippen LogP contribution in [0, 0.1) is 34.8 Å². The lowest BCUT2D eigenvalue weighted by Crippen LogP contribution is -2.34. The van der Waals surface area contributed by atoms with E-state index >= 15 is 4.39 Å². The summed E-state index contributed by atoms with van der Waals surface area (Å²) in [5.41, 5.74) is 7.94. The van der Waals surface area contributed by atoms with Crippen LogP contribution in [0.3, 0.4) is 0 Å². The zero-order valence-corrected chi connectivity index (χ0v) is 24.7. The number of nitriles is 1. The molecule has 41 heavy (non-hydrogen) atoms. The number of rotatable bonds is 2. The zero-order valence-electron chi connectivity index (χ0n) is 23.9. The van der Waals surface area contributed by atoms with Crippen LogP contribution >= 0.6 is 11.3 Å². The first-order valence-electron chi connectivity index (χ1n) is 14.1. The van der Waals surface area contributed by atoms with E-state index < -0.39 is 11.6 Å². The van der Waals surface area contributed by atoms with E-state index in [9.17, 15) is 9.65 Å². The maximum Gasteiger partial charge on any atom is 0.226 e. The first kappa shape index (κ1) is 29.0. The van der Waals surface area contributed by atoms with Crippen molar-refractivity contribution in [3.8, 4) is 17.3 Å².